The number of hydrogen-bond donors (Lipinski definition) is 3. The summed E-state index contributed by atoms with van der Waals surface area (Å²) in [6.45, 7) is 4.98. The van der Waals surface area contributed by atoms with E-state index in [1.54, 1.807) is 6.92 Å². The van der Waals surface area contributed by atoms with Gasteiger partial charge < -0.3 is 20.1 Å². The van der Waals surface area contributed by atoms with Gasteiger partial charge in [0.2, 0.25) is 0 Å². The lowest BCUT2D eigenvalue weighted by Gasteiger charge is -2.16. The summed E-state index contributed by atoms with van der Waals surface area (Å²) in [4.78, 5) is 32.3. The average Bonchev–Trinajstić information content (AvgIpc) is 2.09. The van der Waals surface area contributed by atoms with E-state index in [9.17, 15) is 14.4 Å². The standard InChI is InChI=1S/C8H12O7Si/c1-5(2)3-15-4-16(6(9)10,7(11)12)8(13)14/h1,3-4H2,2H3,(H,9,10)(H,11,12)(H,13,14). The molecule has 0 spiro atoms. The largest absolute Gasteiger partial charge is 0.485 e. The molecule has 0 aromatic rings. The third-order valence-corrected chi connectivity index (χ3v) is 4.59. The Labute approximate surface area is 92.0 Å². The molecule has 7 nitrogen and oxygen atoms in total. The molecule has 8 heteroatoms. The molecule has 0 atom stereocenters. The second-order valence-electron chi connectivity index (χ2n) is 3.27. The molecule has 0 aromatic heterocycles. The van der Waals surface area contributed by atoms with Crippen LogP contribution in [0.3, 0.4) is 0 Å². The van der Waals surface area contributed by atoms with E-state index in [1.165, 1.54) is 0 Å². The number of ether oxygens (including phenoxy) is 1. The summed E-state index contributed by atoms with van der Waals surface area (Å²) >= 11 is 0. The third kappa shape index (κ3) is 2.91. The van der Waals surface area contributed by atoms with E-state index in [-0.39, 0.29) is 6.61 Å². The fourth-order valence-electron chi connectivity index (χ4n) is 0.838. The van der Waals surface area contributed by atoms with Gasteiger partial charge in [-0.25, -0.2) is 0 Å². The average molecular weight is 248 g/mol. The second-order valence-corrected chi connectivity index (χ2v) is 6.65. The zero-order valence-electron chi connectivity index (χ0n) is 8.60. The molecule has 0 rings (SSSR count). The van der Waals surface area contributed by atoms with Crippen molar-refractivity contribution in [3.8, 4) is 0 Å². The first-order chi connectivity index (χ1) is 7.25. The molecule has 3 N–H and O–H groups in total. The summed E-state index contributed by atoms with van der Waals surface area (Å²) in [6, 6.07) is 0. The molecular weight excluding hydrogens is 236 g/mol. The quantitative estimate of drug-likeness (QED) is 0.459. The molecule has 90 valence electrons. The van der Waals surface area contributed by atoms with E-state index in [0.29, 0.717) is 5.57 Å². The van der Waals surface area contributed by atoms with Gasteiger partial charge in [-0.05, 0) is 6.92 Å². The topological polar surface area (TPSA) is 121 Å². The number of carboxylic acid groups (broad SMARTS) is 3. The van der Waals surface area contributed by atoms with Gasteiger partial charge in [0, 0.05) is 0 Å². The third-order valence-electron chi connectivity index (χ3n) is 1.76. The number of hydrogen-bond acceptors (Lipinski definition) is 4. The van der Waals surface area contributed by atoms with Crippen LogP contribution in [0.5, 0.6) is 0 Å². The lowest BCUT2D eigenvalue weighted by Crippen LogP contribution is -2.62. The van der Waals surface area contributed by atoms with Crippen molar-refractivity contribution >= 4 is 24.9 Å². The maximum atomic E-state index is 10.8. The highest BCUT2D eigenvalue weighted by atomic mass is 28.3. The van der Waals surface area contributed by atoms with Crippen LogP contribution in [0, 0.1) is 0 Å². The van der Waals surface area contributed by atoms with Crippen molar-refractivity contribution < 1.29 is 34.4 Å². The summed E-state index contributed by atoms with van der Waals surface area (Å²) < 4.78 is 4.76. The van der Waals surface area contributed by atoms with E-state index in [2.05, 4.69) is 6.58 Å². The molecule has 0 aliphatic heterocycles. The summed E-state index contributed by atoms with van der Waals surface area (Å²) in [7, 11) is -4.61. The zero-order valence-corrected chi connectivity index (χ0v) is 9.60. The Morgan fingerprint density at radius 2 is 1.50 bits per heavy atom. The van der Waals surface area contributed by atoms with Gasteiger partial charge in [-0.1, -0.05) is 12.2 Å². The van der Waals surface area contributed by atoms with Crippen molar-refractivity contribution in [2.75, 3.05) is 12.8 Å². The Bertz CT molecular complexity index is 299. The predicted octanol–water partition coefficient (Wildman–Crippen LogP) is 1.35. The maximum absolute atomic E-state index is 10.8. The molecule has 0 aliphatic carbocycles. The number of carbonyl (C=O) groups is 3. The highest BCUT2D eigenvalue weighted by Crippen LogP contribution is 2.09. The molecule has 0 aliphatic rings. The van der Waals surface area contributed by atoms with Crippen LogP contribution in [0.1, 0.15) is 6.92 Å². The van der Waals surface area contributed by atoms with Crippen LogP contribution in [0.15, 0.2) is 12.2 Å². The van der Waals surface area contributed by atoms with Crippen LogP contribution in [-0.4, -0.2) is 53.0 Å². The minimum atomic E-state index is -4.61. The summed E-state index contributed by atoms with van der Waals surface area (Å²) in [5.74, 6) is 0. The van der Waals surface area contributed by atoms with Crippen molar-refractivity contribution in [2.24, 2.45) is 0 Å². The molecule has 0 radical (unpaired) electrons. The van der Waals surface area contributed by atoms with E-state index >= 15 is 0 Å². The molecule has 0 heterocycles. The monoisotopic (exact) mass is 248 g/mol. The van der Waals surface area contributed by atoms with Crippen molar-refractivity contribution in [2.45, 2.75) is 6.92 Å². The van der Waals surface area contributed by atoms with Crippen LogP contribution in [0.25, 0.3) is 0 Å². The maximum Gasteiger partial charge on any atom is 0.455 e. The Hall–Kier alpha value is -1.67. The molecule has 0 unspecified atom stereocenters. The first-order valence-electron chi connectivity index (χ1n) is 4.17. The second kappa shape index (κ2) is 5.42. The minimum absolute atomic E-state index is 0.0669. The Morgan fingerprint density at radius 1 is 1.12 bits per heavy atom. The highest BCUT2D eigenvalue weighted by Gasteiger charge is 2.60. The van der Waals surface area contributed by atoms with Gasteiger partial charge >= 0.3 is 8.07 Å². The molecule has 0 fully saturated rings. The van der Waals surface area contributed by atoms with Crippen LogP contribution in [-0.2, 0) is 4.74 Å². The molecule has 0 amide bonds. The smallest absolute Gasteiger partial charge is 0.455 e. The Morgan fingerprint density at radius 3 is 1.75 bits per heavy atom. The van der Waals surface area contributed by atoms with Gasteiger partial charge in [0.25, 0.3) is 16.8 Å². The van der Waals surface area contributed by atoms with Gasteiger partial charge in [0.15, 0.2) is 0 Å². The van der Waals surface area contributed by atoms with Crippen molar-refractivity contribution in [1.29, 1.82) is 0 Å². The van der Waals surface area contributed by atoms with Crippen LogP contribution < -0.4 is 0 Å². The minimum Gasteiger partial charge on any atom is -0.485 e. The van der Waals surface area contributed by atoms with Crippen LogP contribution in [0.2, 0.25) is 0 Å². The SMILES string of the molecule is C=C(C)COC[Si](C(=O)O)(C(=O)O)C(=O)O. The van der Waals surface area contributed by atoms with Gasteiger partial charge in [-0.15, -0.1) is 0 Å². The first kappa shape index (κ1) is 14.3. The van der Waals surface area contributed by atoms with Gasteiger partial charge in [-0.3, -0.25) is 14.4 Å². The molecule has 0 aromatic carbocycles. The zero-order chi connectivity index (χ0) is 12.9. The molecule has 0 saturated heterocycles. The molecule has 0 bridgehead atoms. The fraction of sp³-hybridized carbons (Fsp3) is 0.375. The van der Waals surface area contributed by atoms with Crippen molar-refractivity contribution in [3.05, 3.63) is 12.2 Å². The van der Waals surface area contributed by atoms with E-state index in [1.807, 2.05) is 0 Å². The number of rotatable bonds is 7. The van der Waals surface area contributed by atoms with Crippen molar-refractivity contribution in [1.82, 2.24) is 0 Å². The fourth-order valence-corrected chi connectivity index (χ4v) is 2.17. The van der Waals surface area contributed by atoms with Gasteiger partial charge in [0.1, 0.15) is 0 Å². The predicted molar refractivity (Wildman–Crippen MR) is 55.5 cm³/mol. The summed E-state index contributed by atoms with van der Waals surface area (Å²) in [6.07, 6.45) is -0.820. The summed E-state index contributed by atoms with van der Waals surface area (Å²) in [5.41, 5.74) is -4.97. The van der Waals surface area contributed by atoms with Crippen LogP contribution >= 0.6 is 0 Å². The molecule has 16 heavy (non-hydrogen) atoms. The first-order valence-corrected chi connectivity index (χ1v) is 6.38. The van der Waals surface area contributed by atoms with E-state index in [0.717, 1.165) is 0 Å². The van der Waals surface area contributed by atoms with E-state index < -0.39 is 31.1 Å². The van der Waals surface area contributed by atoms with E-state index in [4.69, 9.17) is 20.1 Å². The van der Waals surface area contributed by atoms with Gasteiger partial charge in [-0.2, -0.15) is 0 Å². The van der Waals surface area contributed by atoms with Crippen LogP contribution in [0.4, 0.5) is 14.4 Å². The lowest BCUT2D eigenvalue weighted by atomic mass is 10.4. The molecule has 0 saturated carbocycles. The normalized spacial score (nSPS) is 10.8. The lowest BCUT2D eigenvalue weighted by molar-refractivity contribution is 0.176. The Balaban J connectivity index is 4.92. The highest BCUT2D eigenvalue weighted by molar-refractivity contribution is 7.38. The van der Waals surface area contributed by atoms with Crippen molar-refractivity contribution in [3.63, 3.8) is 0 Å². The molecular formula is C8H12O7Si. The van der Waals surface area contributed by atoms with Gasteiger partial charge in [0.05, 0.1) is 12.8 Å². The summed E-state index contributed by atoms with van der Waals surface area (Å²) in [5, 5.41) is 26.2. The Kier molecular flexibility index (Phi) is 4.85.